The summed E-state index contributed by atoms with van der Waals surface area (Å²) < 4.78 is 0. The molecule has 156 valence electrons. The van der Waals surface area contributed by atoms with E-state index in [9.17, 15) is 59.4 Å². The van der Waals surface area contributed by atoms with Gasteiger partial charge in [-0.2, -0.15) is 0 Å². The van der Waals surface area contributed by atoms with Crippen molar-refractivity contribution in [3.63, 3.8) is 0 Å². The van der Waals surface area contributed by atoms with Crippen LogP contribution in [-0.4, -0.2) is 176 Å². The molecule has 15 nitrogen and oxygen atoms in total. The smallest absolute Gasteiger partial charge is 0.550 e. The van der Waals surface area contributed by atoms with E-state index in [0.29, 0.717) is 0 Å². The molecule has 0 aliphatic rings. The summed E-state index contributed by atoms with van der Waals surface area (Å²) in [6.07, 6.45) is -5.43. The first-order valence-corrected chi connectivity index (χ1v) is 6.23. The molecule has 0 aromatic carbocycles. The summed E-state index contributed by atoms with van der Waals surface area (Å²) in [6.45, 7) is 0. The first-order chi connectivity index (χ1) is 11.6. The first-order valence-electron chi connectivity index (χ1n) is 6.23. The van der Waals surface area contributed by atoms with Gasteiger partial charge in [0.05, 0.1) is 11.9 Å². The van der Waals surface area contributed by atoms with E-state index >= 15 is 0 Å². The molecule has 0 unspecified atom stereocenters. The molecule has 0 amide bonds. The number of rotatable bonds is 10. The van der Waals surface area contributed by atoms with E-state index < -0.39 is 72.7 Å². The average molecular weight is 516 g/mol. The summed E-state index contributed by atoms with van der Waals surface area (Å²) in [6, 6.07) is 0. The predicted octanol–water partition coefficient (Wildman–Crippen LogP) is -12.5. The first kappa shape index (κ1) is 44.2. The summed E-state index contributed by atoms with van der Waals surface area (Å²) in [7, 11) is 0. The molecule has 0 atom stereocenters. The van der Waals surface area contributed by atoms with Crippen molar-refractivity contribution in [3.8, 4) is 0 Å². The summed E-state index contributed by atoms with van der Waals surface area (Å²) in [5.41, 5.74) is -5.95. The van der Waals surface area contributed by atoms with Gasteiger partial charge >= 0.3 is 113 Å². The second kappa shape index (κ2) is 20.1. The molecule has 0 saturated heterocycles. The number of hydrogen-bond acceptors (Lipinski definition) is 14. The number of carbonyl (C=O) groups is 6. The number of carboxylic acid groups (broad SMARTS) is 6. The molecule has 0 spiro atoms. The zero-order chi connectivity index (χ0) is 21.3. The van der Waals surface area contributed by atoms with Crippen molar-refractivity contribution in [2.24, 2.45) is 0 Å². The van der Waals surface area contributed by atoms with Gasteiger partial charge in [-0.15, -0.1) is 0 Å². The molecule has 0 saturated carbocycles. The van der Waals surface area contributed by atoms with E-state index in [1.807, 2.05) is 0 Å². The average Bonchev–Trinajstić information content (AvgIpc) is 2.34. The normalized spacial score (nSPS) is 9.40. The third kappa shape index (κ3) is 20.4. The molecule has 0 heterocycles. The predicted molar refractivity (Wildman–Crippen MR) is 79.3 cm³/mol. The molecule has 0 aliphatic carbocycles. The monoisotopic (exact) mass is 516 g/mol. The third-order valence-corrected chi connectivity index (χ3v) is 2.51. The fourth-order valence-corrected chi connectivity index (χ4v) is 1.37. The van der Waals surface area contributed by atoms with Crippen molar-refractivity contribution >= 4 is 149 Å². The number of carboxylic acids is 6. The summed E-state index contributed by atoms with van der Waals surface area (Å²) in [5.74, 6) is -12.0. The zero-order valence-corrected chi connectivity index (χ0v) is 21.9. The maximum atomic E-state index is 10.1. The van der Waals surface area contributed by atoms with Crippen LogP contribution < -0.4 is 30.6 Å². The summed E-state index contributed by atoms with van der Waals surface area (Å²) >= 11 is 0. The number of hydrogen-bond donors (Lipinski definition) is 2. The molecule has 0 radical (unpaired) electrons. The van der Waals surface area contributed by atoms with Crippen LogP contribution in [0.15, 0.2) is 0 Å². The van der Waals surface area contributed by atoms with E-state index in [1.165, 1.54) is 0 Å². The van der Waals surface area contributed by atoms with Crippen LogP contribution in [0, 0.1) is 0 Å². The molecule has 4 N–H and O–H groups in total. The van der Waals surface area contributed by atoms with Gasteiger partial charge in [0.1, 0.15) is 11.2 Å². The fourth-order valence-electron chi connectivity index (χ4n) is 1.37. The standard InChI is InChI=1S/2C6H8O7.3Ca.H2O/c2*7-3(8)1-6(13,5(11)12)2-4(9)10;;;;/h2*13H,1-2H2,(H,7,8)(H,9,10)(H,11,12);;;;1H2/q;;3*+2;/p-6. The van der Waals surface area contributed by atoms with Gasteiger partial charge in [0.2, 0.25) is 0 Å². The zero-order valence-electron chi connectivity index (χ0n) is 15.2. The minimum Gasteiger partial charge on any atom is -0.550 e. The Kier molecular flexibility index (Phi) is 29.6. The van der Waals surface area contributed by atoms with Crippen molar-refractivity contribution < 1.29 is 75.1 Å². The number of aliphatic hydroxyl groups is 2. The van der Waals surface area contributed by atoms with Crippen LogP contribution >= 0.6 is 0 Å². The van der Waals surface area contributed by atoms with E-state index in [-0.39, 0.29) is 119 Å². The Morgan fingerprint density at radius 3 is 0.700 bits per heavy atom. The Hall–Kier alpha value is 0.479. The van der Waals surface area contributed by atoms with E-state index in [4.69, 9.17) is 10.2 Å². The van der Waals surface area contributed by atoms with Gasteiger partial charge in [0.25, 0.3) is 0 Å². The SMILES string of the molecule is O.O=C([O-])CC(O)(CC(=O)[O-])C(=O)[O-].O=C([O-])CC(O)(CC(=O)[O-])C(=O)[O-].[Ca+2].[Ca+2].[Ca+2]. The maximum Gasteiger partial charge on any atom is 2.00 e. The minimum atomic E-state index is -2.97. The van der Waals surface area contributed by atoms with Crippen molar-refractivity contribution in [1.82, 2.24) is 0 Å². The van der Waals surface area contributed by atoms with Gasteiger partial charge < -0.3 is 75.1 Å². The van der Waals surface area contributed by atoms with Crippen LogP contribution in [0.4, 0.5) is 0 Å². The second-order valence-electron chi connectivity index (χ2n) is 4.83. The van der Waals surface area contributed by atoms with Gasteiger partial charge in [-0.1, -0.05) is 0 Å². The molecular formula is C12H12Ca3O15. The fraction of sp³-hybridized carbons (Fsp3) is 0.500. The number of aliphatic carboxylic acids is 6. The molecule has 0 aliphatic heterocycles. The quantitative estimate of drug-likeness (QED) is 0.255. The van der Waals surface area contributed by atoms with Gasteiger partial charge in [0, 0.05) is 49.6 Å². The summed E-state index contributed by atoms with van der Waals surface area (Å²) in [5, 5.41) is 77.9. The van der Waals surface area contributed by atoms with Crippen LogP contribution in [0.1, 0.15) is 25.7 Å². The van der Waals surface area contributed by atoms with Crippen molar-refractivity contribution in [3.05, 3.63) is 0 Å². The molecule has 0 rings (SSSR count). The van der Waals surface area contributed by atoms with Crippen LogP contribution in [0.5, 0.6) is 0 Å². The van der Waals surface area contributed by atoms with Gasteiger partial charge in [-0.25, -0.2) is 0 Å². The van der Waals surface area contributed by atoms with Crippen molar-refractivity contribution in [2.75, 3.05) is 0 Å². The Morgan fingerprint density at radius 1 is 0.500 bits per heavy atom. The Morgan fingerprint density at radius 2 is 0.633 bits per heavy atom. The molecule has 0 bridgehead atoms. The van der Waals surface area contributed by atoms with Gasteiger partial charge in [-0.05, 0) is 0 Å². The molecule has 0 fully saturated rings. The number of carbonyl (C=O) groups excluding carboxylic acids is 6. The molecule has 18 heteroatoms. The van der Waals surface area contributed by atoms with Crippen LogP contribution in [-0.2, 0) is 28.8 Å². The molecule has 0 aromatic heterocycles. The summed E-state index contributed by atoms with van der Waals surface area (Å²) in [4.78, 5) is 60.0. The van der Waals surface area contributed by atoms with Crippen molar-refractivity contribution in [1.29, 1.82) is 0 Å². The Balaban J connectivity index is -0.0000000847. The minimum absolute atomic E-state index is 0. The van der Waals surface area contributed by atoms with E-state index in [0.717, 1.165) is 0 Å². The van der Waals surface area contributed by atoms with Gasteiger partial charge in [0.15, 0.2) is 0 Å². The largest absolute Gasteiger partial charge is 2.00 e. The van der Waals surface area contributed by atoms with Crippen LogP contribution in [0.25, 0.3) is 0 Å². The topological polar surface area (TPSA) is 313 Å². The Labute approximate surface area is 257 Å². The van der Waals surface area contributed by atoms with Crippen molar-refractivity contribution in [2.45, 2.75) is 36.9 Å². The van der Waals surface area contributed by atoms with E-state index in [1.54, 1.807) is 0 Å². The van der Waals surface area contributed by atoms with Gasteiger partial charge in [-0.3, -0.25) is 0 Å². The third-order valence-electron chi connectivity index (χ3n) is 2.51. The van der Waals surface area contributed by atoms with Crippen LogP contribution in [0.3, 0.4) is 0 Å². The molecule has 0 aromatic rings. The molecular weight excluding hydrogens is 504 g/mol. The second-order valence-corrected chi connectivity index (χ2v) is 4.83. The van der Waals surface area contributed by atoms with E-state index in [2.05, 4.69) is 0 Å². The molecule has 30 heavy (non-hydrogen) atoms. The van der Waals surface area contributed by atoms with Crippen LogP contribution in [0.2, 0.25) is 0 Å². The maximum absolute atomic E-state index is 10.1. The Bertz CT molecular complexity index is 522.